The monoisotopic (exact) mass is 349 g/mol. The van der Waals surface area contributed by atoms with Gasteiger partial charge in [-0.15, -0.1) is 22.9 Å². The zero-order chi connectivity index (χ0) is 15.7. The van der Waals surface area contributed by atoms with Gasteiger partial charge in [-0.05, 0) is 26.8 Å². The van der Waals surface area contributed by atoms with Crippen LogP contribution in [0, 0.1) is 6.92 Å². The van der Waals surface area contributed by atoms with Gasteiger partial charge in [0.25, 0.3) is 0 Å². The number of rotatable bonds is 5. The zero-order valence-electron chi connectivity index (χ0n) is 11.2. The van der Waals surface area contributed by atoms with Gasteiger partial charge in [0, 0.05) is 15.8 Å². The van der Waals surface area contributed by atoms with Crippen molar-refractivity contribution in [2.45, 2.75) is 43.8 Å². The highest BCUT2D eigenvalue weighted by molar-refractivity contribution is 7.89. The van der Waals surface area contributed by atoms with Crippen LogP contribution in [0.15, 0.2) is 11.0 Å². The first kappa shape index (κ1) is 17.7. The molecule has 9 heteroatoms. The Morgan fingerprint density at radius 3 is 2.30 bits per heavy atom. The molecule has 0 N–H and O–H groups in total. The first-order valence-electron chi connectivity index (χ1n) is 5.73. The van der Waals surface area contributed by atoms with Crippen molar-refractivity contribution in [3.05, 3.63) is 15.8 Å². The second-order valence-electron chi connectivity index (χ2n) is 4.53. The normalized spacial score (nSPS) is 13.4. The van der Waals surface area contributed by atoms with Crippen LogP contribution in [0.2, 0.25) is 0 Å². The number of hydrogen-bond donors (Lipinski definition) is 0. The van der Waals surface area contributed by atoms with Crippen LogP contribution in [0.3, 0.4) is 0 Å². The summed E-state index contributed by atoms with van der Waals surface area (Å²) in [6, 6.07) is 0.550. The fourth-order valence-corrected chi connectivity index (χ4v) is 5.01. The summed E-state index contributed by atoms with van der Waals surface area (Å²) in [5.41, 5.74) is 0. The van der Waals surface area contributed by atoms with Crippen molar-refractivity contribution in [3.8, 4) is 0 Å². The van der Waals surface area contributed by atoms with Crippen molar-refractivity contribution in [3.63, 3.8) is 0 Å². The van der Waals surface area contributed by atoms with Gasteiger partial charge in [-0.2, -0.15) is 17.5 Å². The molecule has 20 heavy (non-hydrogen) atoms. The Kier molecular flexibility index (Phi) is 5.51. The Bertz CT molecular complexity index is 567. The fraction of sp³-hybridized carbons (Fsp3) is 0.636. The van der Waals surface area contributed by atoms with E-state index in [1.54, 1.807) is 6.92 Å². The summed E-state index contributed by atoms with van der Waals surface area (Å²) in [7, 11) is -4.19. The van der Waals surface area contributed by atoms with Gasteiger partial charge in [-0.25, -0.2) is 8.42 Å². The van der Waals surface area contributed by atoms with Crippen LogP contribution >= 0.6 is 22.9 Å². The lowest BCUT2D eigenvalue weighted by atomic mass is 10.4. The number of hydrogen-bond acceptors (Lipinski definition) is 3. The van der Waals surface area contributed by atoms with Crippen LogP contribution in [0.5, 0.6) is 0 Å². The molecule has 0 saturated heterocycles. The van der Waals surface area contributed by atoms with Gasteiger partial charge in [-0.1, -0.05) is 0 Å². The van der Waals surface area contributed by atoms with Crippen LogP contribution in [0.1, 0.15) is 23.6 Å². The van der Waals surface area contributed by atoms with Crippen molar-refractivity contribution in [1.82, 2.24) is 4.31 Å². The first-order valence-corrected chi connectivity index (χ1v) is 8.52. The van der Waals surface area contributed by atoms with Crippen LogP contribution in [0.4, 0.5) is 13.2 Å². The Morgan fingerprint density at radius 2 is 1.95 bits per heavy atom. The quantitative estimate of drug-likeness (QED) is 0.759. The number of thiophene rings is 1. The summed E-state index contributed by atoms with van der Waals surface area (Å²) in [5.74, 6) is 0.127. The molecule has 1 aromatic rings. The minimum absolute atomic E-state index is 0.101. The predicted octanol–water partition coefficient (Wildman–Crippen LogP) is 3.76. The van der Waals surface area contributed by atoms with Gasteiger partial charge in [0.1, 0.15) is 6.54 Å². The van der Waals surface area contributed by atoms with E-state index < -0.39 is 28.8 Å². The van der Waals surface area contributed by atoms with Crippen molar-refractivity contribution in [2.24, 2.45) is 0 Å². The van der Waals surface area contributed by atoms with Gasteiger partial charge in [0.05, 0.1) is 10.8 Å². The van der Waals surface area contributed by atoms with Crippen molar-refractivity contribution in [1.29, 1.82) is 0 Å². The Morgan fingerprint density at radius 1 is 1.40 bits per heavy atom. The molecule has 0 aliphatic heterocycles. The number of alkyl halides is 4. The summed E-state index contributed by atoms with van der Waals surface area (Å²) < 4.78 is 62.9. The van der Waals surface area contributed by atoms with Crippen molar-refractivity contribution in [2.75, 3.05) is 6.54 Å². The summed E-state index contributed by atoms with van der Waals surface area (Å²) in [5, 5.41) is 0. The topological polar surface area (TPSA) is 37.4 Å². The molecule has 0 amide bonds. The summed E-state index contributed by atoms with van der Waals surface area (Å²) in [4.78, 5) is 0.947. The number of nitrogens with zero attached hydrogens (tertiary/aromatic N) is 1. The molecule has 116 valence electrons. The second-order valence-corrected chi connectivity index (χ2v) is 7.99. The minimum Gasteiger partial charge on any atom is -0.207 e. The van der Waals surface area contributed by atoms with E-state index in [2.05, 4.69) is 0 Å². The van der Waals surface area contributed by atoms with Gasteiger partial charge < -0.3 is 0 Å². The molecule has 0 atom stereocenters. The lowest BCUT2D eigenvalue weighted by Gasteiger charge is -2.26. The number of halogens is 4. The second kappa shape index (κ2) is 6.21. The van der Waals surface area contributed by atoms with E-state index in [9.17, 15) is 21.6 Å². The van der Waals surface area contributed by atoms with Crippen LogP contribution in [-0.2, 0) is 15.9 Å². The first-order chi connectivity index (χ1) is 8.99. The van der Waals surface area contributed by atoms with Crippen LogP contribution in [0.25, 0.3) is 0 Å². The van der Waals surface area contributed by atoms with E-state index in [0.717, 1.165) is 0 Å². The predicted molar refractivity (Wildman–Crippen MR) is 73.7 cm³/mol. The fourth-order valence-electron chi connectivity index (χ4n) is 1.69. The third-order valence-electron chi connectivity index (χ3n) is 2.55. The molecule has 0 aliphatic carbocycles. The molecule has 0 spiro atoms. The van der Waals surface area contributed by atoms with Crippen molar-refractivity contribution >= 4 is 33.0 Å². The lowest BCUT2D eigenvalue weighted by Crippen LogP contribution is -2.43. The lowest BCUT2D eigenvalue weighted by molar-refractivity contribution is -0.138. The van der Waals surface area contributed by atoms with Gasteiger partial charge in [0.2, 0.25) is 10.0 Å². The minimum atomic E-state index is -4.59. The highest BCUT2D eigenvalue weighted by Gasteiger charge is 2.39. The average molecular weight is 350 g/mol. The number of aryl methyl sites for hydroxylation is 1. The molecule has 0 saturated carbocycles. The SMILES string of the molecule is Cc1sc(CCl)cc1S(=O)(=O)N(CC(F)(F)F)C(C)C. The van der Waals surface area contributed by atoms with E-state index in [1.165, 1.54) is 31.3 Å². The molecule has 3 nitrogen and oxygen atoms in total. The van der Waals surface area contributed by atoms with Crippen molar-refractivity contribution < 1.29 is 21.6 Å². The molecule has 0 aromatic carbocycles. The van der Waals surface area contributed by atoms with Gasteiger partial charge in [-0.3, -0.25) is 0 Å². The summed E-state index contributed by atoms with van der Waals surface area (Å²) >= 11 is 6.80. The van der Waals surface area contributed by atoms with E-state index in [1.807, 2.05) is 0 Å². The third-order valence-corrected chi connectivity index (χ3v) is 6.33. The average Bonchev–Trinajstić information content (AvgIpc) is 2.66. The van der Waals surface area contributed by atoms with Gasteiger partial charge >= 0.3 is 6.18 Å². The third kappa shape index (κ3) is 4.09. The molecular formula is C11H15ClF3NO2S2. The van der Waals surface area contributed by atoms with E-state index in [-0.39, 0.29) is 10.8 Å². The Hall–Kier alpha value is -0.310. The molecule has 0 radical (unpaired) electrons. The molecule has 0 fully saturated rings. The molecule has 1 rings (SSSR count). The standard InChI is InChI=1S/C11H15ClF3NO2S2/c1-7(2)16(6-11(13,14)15)20(17,18)10-4-9(5-12)19-8(10)3/h4,7H,5-6H2,1-3H3. The highest BCUT2D eigenvalue weighted by Crippen LogP contribution is 2.31. The molecule has 0 unspecified atom stereocenters. The Labute approximate surface area is 125 Å². The van der Waals surface area contributed by atoms with Crippen LogP contribution < -0.4 is 0 Å². The summed E-state index contributed by atoms with van der Waals surface area (Å²) in [6.07, 6.45) is -4.59. The van der Waals surface area contributed by atoms with E-state index in [0.29, 0.717) is 14.1 Å². The maximum atomic E-state index is 12.6. The highest BCUT2D eigenvalue weighted by atomic mass is 35.5. The van der Waals surface area contributed by atoms with Crippen LogP contribution in [-0.4, -0.2) is 31.5 Å². The summed E-state index contributed by atoms with van der Waals surface area (Å²) in [6.45, 7) is 2.87. The van der Waals surface area contributed by atoms with Gasteiger partial charge in [0.15, 0.2) is 0 Å². The molecule has 1 aromatic heterocycles. The van der Waals surface area contributed by atoms with E-state index >= 15 is 0 Å². The van der Waals surface area contributed by atoms with E-state index in [4.69, 9.17) is 11.6 Å². The molecule has 0 aliphatic rings. The molecular weight excluding hydrogens is 335 g/mol. The Balaban J connectivity index is 3.26. The maximum Gasteiger partial charge on any atom is 0.402 e. The maximum absolute atomic E-state index is 12.6. The molecule has 0 bridgehead atoms. The zero-order valence-corrected chi connectivity index (χ0v) is 13.5. The largest absolute Gasteiger partial charge is 0.402 e. The molecule has 1 heterocycles. The smallest absolute Gasteiger partial charge is 0.207 e. The number of sulfonamides is 1.